The van der Waals surface area contributed by atoms with Gasteiger partial charge in [0.2, 0.25) is 5.89 Å². The van der Waals surface area contributed by atoms with Crippen LogP contribution < -0.4 is 14.2 Å². The second kappa shape index (κ2) is 9.84. The van der Waals surface area contributed by atoms with Crippen molar-refractivity contribution in [2.75, 3.05) is 20.8 Å². The van der Waals surface area contributed by atoms with Gasteiger partial charge < -0.3 is 23.7 Å². The molecule has 0 spiro atoms. The van der Waals surface area contributed by atoms with Crippen LogP contribution in [-0.4, -0.2) is 42.1 Å². The smallest absolute Gasteiger partial charge is 0.342 e. The zero-order valence-corrected chi connectivity index (χ0v) is 17.4. The lowest BCUT2D eigenvalue weighted by atomic mass is 10.2. The predicted molar refractivity (Wildman–Crippen MR) is 112 cm³/mol. The summed E-state index contributed by atoms with van der Waals surface area (Å²) in [6.45, 7) is 2.46. The van der Waals surface area contributed by atoms with Gasteiger partial charge in [0.05, 0.1) is 20.8 Å². The maximum atomic E-state index is 11.7. The highest BCUT2D eigenvalue weighted by Crippen LogP contribution is 2.33. The highest BCUT2D eigenvalue weighted by molar-refractivity contribution is 8.03. The average Bonchev–Trinajstić information content (AvgIpc) is 3.23. The predicted octanol–water partition coefficient (Wildman–Crippen LogP) is 4.37. The second-order valence-electron chi connectivity index (χ2n) is 5.89. The van der Waals surface area contributed by atoms with Crippen LogP contribution in [0.3, 0.4) is 0 Å². The molecule has 0 saturated carbocycles. The first-order chi connectivity index (χ1) is 14.5. The Morgan fingerprint density at radius 2 is 1.73 bits per heavy atom. The van der Waals surface area contributed by atoms with Crippen LogP contribution >= 0.6 is 11.8 Å². The van der Waals surface area contributed by atoms with Crippen molar-refractivity contribution in [2.24, 2.45) is 0 Å². The van der Waals surface area contributed by atoms with E-state index in [9.17, 15) is 9.90 Å². The van der Waals surface area contributed by atoms with Crippen LogP contribution in [0.25, 0.3) is 17.5 Å². The molecule has 0 fully saturated rings. The summed E-state index contributed by atoms with van der Waals surface area (Å²) in [6.07, 6.45) is 1.53. The molecule has 1 N–H and O–H groups in total. The Morgan fingerprint density at radius 1 is 1.07 bits per heavy atom. The molecule has 0 aliphatic carbocycles. The quantitative estimate of drug-likeness (QED) is 0.393. The fourth-order valence-corrected chi connectivity index (χ4v) is 3.18. The van der Waals surface area contributed by atoms with Gasteiger partial charge in [0.1, 0.15) is 22.2 Å². The number of methoxy groups -OCH3 is 2. The first-order valence-corrected chi connectivity index (χ1v) is 9.76. The summed E-state index contributed by atoms with van der Waals surface area (Å²) in [5.74, 6) is 0.975. The van der Waals surface area contributed by atoms with E-state index in [1.165, 1.54) is 6.08 Å². The molecule has 3 rings (SSSR count). The number of aromatic nitrogens is 2. The van der Waals surface area contributed by atoms with E-state index in [-0.39, 0.29) is 16.0 Å². The Morgan fingerprint density at radius 3 is 2.30 bits per heavy atom. The molecule has 0 radical (unpaired) electrons. The molecule has 1 heterocycles. The fraction of sp³-hybridized carbons (Fsp3) is 0.190. The molecule has 0 unspecified atom stereocenters. The maximum absolute atomic E-state index is 11.7. The van der Waals surface area contributed by atoms with Gasteiger partial charge in [0.25, 0.3) is 5.22 Å². The van der Waals surface area contributed by atoms with Gasteiger partial charge in [0.15, 0.2) is 0 Å². The number of nitrogens with zero attached hydrogens (tertiary/aromatic N) is 2. The van der Waals surface area contributed by atoms with E-state index in [2.05, 4.69) is 10.2 Å². The number of rotatable bonds is 9. The van der Waals surface area contributed by atoms with Crippen LogP contribution in [0.15, 0.2) is 57.0 Å². The van der Waals surface area contributed by atoms with E-state index in [1.54, 1.807) is 56.7 Å². The Bertz CT molecular complexity index is 1020. The van der Waals surface area contributed by atoms with Gasteiger partial charge in [-0.2, -0.15) is 0 Å². The standard InChI is InChI=1S/C21H20N2O6S/c1-4-28-15-7-5-13(6-8-15)9-18(20(24)25)30-21-23-22-19(29-21)14-10-16(26-2)12-17(11-14)27-3/h5-12H,4H2,1-3H3,(H,24,25)/b18-9-. The van der Waals surface area contributed by atoms with Crippen molar-refractivity contribution >= 4 is 23.8 Å². The zero-order chi connectivity index (χ0) is 21.5. The summed E-state index contributed by atoms with van der Waals surface area (Å²) in [4.78, 5) is 11.7. The summed E-state index contributed by atoms with van der Waals surface area (Å²) >= 11 is 0.869. The Hall–Kier alpha value is -3.46. The van der Waals surface area contributed by atoms with Crippen molar-refractivity contribution < 1.29 is 28.5 Å². The third-order valence-corrected chi connectivity index (χ3v) is 4.75. The number of benzene rings is 2. The van der Waals surface area contributed by atoms with Gasteiger partial charge in [-0.25, -0.2) is 4.79 Å². The number of hydrogen-bond donors (Lipinski definition) is 1. The minimum Gasteiger partial charge on any atom is -0.497 e. The van der Waals surface area contributed by atoms with Crippen molar-refractivity contribution in [3.05, 3.63) is 52.9 Å². The molecular weight excluding hydrogens is 408 g/mol. The van der Waals surface area contributed by atoms with Gasteiger partial charge in [-0.3, -0.25) is 0 Å². The summed E-state index contributed by atoms with van der Waals surface area (Å²) in [6, 6.07) is 12.3. The summed E-state index contributed by atoms with van der Waals surface area (Å²) < 4.78 is 21.5. The molecular formula is C21H20N2O6S. The number of carboxylic acids is 1. The molecule has 8 nitrogen and oxygen atoms in total. The minimum atomic E-state index is -1.10. The van der Waals surface area contributed by atoms with Crippen LogP contribution in [0.4, 0.5) is 0 Å². The molecule has 156 valence electrons. The average molecular weight is 428 g/mol. The summed E-state index contributed by atoms with van der Waals surface area (Å²) in [7, 11) is 3.08. The van der Waals surface area contributed by atoms with Gasteiger partial charge in [0, 0.05) is 11.6 Å². The van der Waals surface area contributed by atoms with E-state index >= 15 is 0 Å². The molecule has 3 aromatic rings. The van der Waals surface area contributed by atoms with Gasteiger partial charge >= 0.3 is 5.97 Å². The Labute approximate surface area is 177 Å². The second-order valence-corrected chi connectivity index (χ2v) is 6.89. The number of thioether (sulfide) groups is 1. The molecule has 0 bridgehead atoms. The molecule has 30 heavy (non-hydrogen) atoms. The van der Waals surface area contributed by atoms with E-state index in [4.69, 9.17) is 18.6 Å². The molecule has 9 heteroatoms. The maximum Gasteiger partial charge on any atom is 0.342 e. The molecule has 2 aromatic carbocycles. The van der Waals surface area contributed by atoms with Gasteiger partial charge in [-0.05, 0) is 54.6 Å². The van der Waals surface area contributed by atoms with Crippen LogP contribution in [0, 0.1) is 0 Å². The van der Waals surface area contributed by atoms with Crippen LogP contribution in [0.5, 0.6) is 17.2 Å². The largest absolute Gasteiger partial charge is 0.497 e. The molecule has 0 amide bonds. The number of carboxylic acid groups (broad SMARTS) is 1. The first-order valence-electron chi connectivity index (χ1n) is 8.95. The highest BCUT2D eigenvalue weighted by Gasteiger charge is 2.17. The van der Waals surface area contributed by atoms with Crippen molar-refractivity contribution in [3.8, 4) is 28.7 Å². The van der Waals surface area contributed by atoms with Crippen molar-refractivity contribution in [3.63, 3.8) is 0 Å². The first kappa shape index (κ1) is 21.3. The highest BCUT2D eigenvalue weighted by atomic mass is 32.2. The van der Waals surface area contributed by atoms with Crippen molar-refractivity contribution in [1.29, 1.82) is 0 Å². The third kappa shape index (κ3) is 5.32. The molecule has 0 atom stereocenters. The van der Waals surface area contributed by atoms with E-state index < -0.39 is 5.97 Å². The van der Waals surface area contributed by atoms with Crippen LogP contribution in [-0.2, 0) is 4.79 Å². The number of aliphatic carboxylic acids is 1. The Kier molecular flexibility index (Phi) is 6.97. The summed E-state index contributed by atoms with van der Waals surface area (Å²) in [5.41, 5.74) is 1.30. The topological polar surface area (TPSA) is 104 Å². The van der Waals surface area contributed by atoms with E-state index in [0.29, 0.717) is 29.2 Å². The summed E-state index contributed by atoms with van der Waals surface area (Å²) in [5, 5.41) is 17.6. The molecule has 1 aromatic heterocycles. The van der Waals surface area contributed by atoms with E-state index in [0.717, 1.165) is 17.5 Å². The molecule has 0 aliphatic rings. The normalized spacial score (nSPS) is 11.2. The van der Waals surface area contributed by atoms with Crippen LogP contribution in [0.2, 0.25) is 0 Å². The van der Waals surface area contributed by atoms with Gasteiger partial charge in [-0.1, -0.05) is 12.1 Å². The van der Waals surface area contributed by atoms with Gasteiger partial charge in [-0.15, -0.1) is 10.2 Å². The van der Waals surface area contributed by atoms with Crippen LogP contribution in [0.1, 0.15) is 12.5 Å². The lowest BCUT2D eigenvalue weighted by molar-refractivity contribution is -0.131. The molecule has 0 aliphatic heterocycles. The third-order valence-electron chi connectivity index (χ3n) is 3.90. The van der Waals surface area contributed by atoms with Crippen molar-refractivity contribution in [2.45, 2.75) is 12.1 Å². The number of hydrogen-bond acceptors (Lipinski definition) is 8. The lowest BCUT2D eigenvalue weighted by Crippen LogP contribution is -1.97. The number of carbonyl (C=O) groups is 1. The molecule has 0 saturated heterocycles. The monoisotopic (exact) mass is 428 g/mol. The number of ether oxygens (including phenoxy) is 3. The SMILES string of the molecule is CCOc1ccc(/C=C(\Sc2nnc(-c3cc(OC)cc(OC)c3)o2)C(=O)O)cc1. The lowest BCUT2D eigenvalue weighted by Gasteiger charge is -2.05. The zero-order valence-electron chi connectivity index (χ0n) is 16.6. The fourth-order valence-electron chi connectivity index (χ4n) is 2.51. The Balaban J connectivity index is 1.82. The van der Waals surface area contributed by atoms with E-state index in [1.807, 2.05) is 6.92 Å². The van der Waals surface area contributed by atoms with Crippen molar-refractivity contribution in [1.82, 2.24) is 10.2 Å². The minimum absolute atomic E-state index is 0.0394.